The molecule has 1 heterocycles. The molecule has 2 unspecified atom stereocenters. The first-order valence-corrected chi connectivity index (χ1v) is 5.51. The highest BCUT2D eigenvalue weighted by molar-refractivity contribution is 6.31. The highest BCUT2D eigenvalue weighted by Gasteiger charge is 2.33. The number of β-amino-alcohol motifs (C(OH)–C–C–N with tert-alkyl or cyclic N) is 2. The van der Waals surface area contributed by atoms with Gasteiger partial charge in [0.2, 0.25) is 0 Å². The van der Waals surface area contributed by atoms with Crippen molar-refractivity contribution in [3.63, 3.8) is 0 Å². The van der Waals surface area contributed by atoms with Crippen molar-refractivity contribution in [3.05, 3.63) is 28.8 Å². The largest absolute Gasteiger partial charge is 0.507 e. The smallest absolute Gasteiger partial charge is 0.257 e. The molecule has 5 nitrogen and oxygen atoms in total. The molecular formula is C11H12ClNO4. The molecule has 3 N–H and O–H groups in total. The molecule has 1 aromatic rings. The third kappa shape index (κ3) is 2.36. The van der Waals surface area contributed by atoms with Gasteiger partial charge >= 0.3 is 0 Å². The van der Waals surface area contributed by atoms with Crippen LogP contribution in [0, 0.1) is 0 Å². The second-order valence-corrected chi connectivity index (χ2v) is 4.44. The fraction of sp³-hybridized carbons (Fsp3) is 0.364. The normalized spacial score (nSPS) is 24.1. The zero-order valence-corrected chi connectivity index (χ0v) is 9.63. The quantitative estimate of drug-likeness (QED) is 0.672. The molecule has 1 aliphatic rings. The Balaban J connectivity index is 2.23. The summed E-state index contributed by atoms with van der Waals surface area (Å²) in [5.41, 5.74) is 0.0683. The van der Waals surface area contributed by atoms with Crippen LogP contribution in [0.2, 0.25) is 5.02 Å². The van der Waals surface area contributed by atoms with Gasteiger partial charge in [-0.25, -0.2) is 0 Å². The van der Waals surface area contributed by atoms with E-state index in [0.29, 0.717) is 5.02 Å². The summed E-state index contributed by atoms with van der Waals surface area (Å²) in [6.07, 6.45) is -1.89. The second-order valence-electron chi connectivity index (χ2n) is 4.01. The van der Waals surface area contributed by atoms with Crippen LogP contribution in [0.5, 0.6) is 5.75 Å². The van der Waals surface area contributed by atoms with Crippen molar-refractivity contribution in [2.45, 2.75) is 12.2 Å². The third-order valence-corrected chi connectivity index (χ3v) is 2.97. The standard InChI is InChI=1S/C11H12ClNO4/c12-6-1-2-8(14)7(3-6)11(17)13-4-9(15)10(16)5-13/h1-3,9-10,14-16H,4-5H2. The number of benzene rings is 1. The van der Waals surface area contributed by atoms with E-state index in [1.807, 2.05) is 0 Å². The molecule has 92 valence electrons. The molecule has 0 radical (unpaired) electrons. The summed E-state index contributed by atoms with van der Waals surface area (Å²) in [5, 5.41) is 28.6. The molecular weight excluding hydrogens is 246 g/mol. The lowest BCUT2D eigenvalue weighted by Crippen LogP contribution is -2.29. The topological polar surface area (TPSA) is 81.0 Å². The summed E-state index contributed by atoms with van der Waals surface area (Å²) in [7, 11) is 0. The van der Waals surface area contributed by atoms with Gasteiger partial charge in [-0.1, -0.05) is 11.6 Å². The monoisotopic (exact) mass is 257 g/mol. The Morgan fingerprint density at radius 1 is 1.29 bits per heavy atom. The van der Waals surface area contributed by atoms with E-state index in [4.69, 9.17) is 11.6 Å². The van der Waals surface area contributed by atoms with Crippen molar-refractivity contribution in [2.75, 3.05) is 13.1 Å². The van der Waals surface area contributed by atoms with Crippen molar-refractivity contribution >= 4 is 17.5 Å². The summed E-state index contributed by atoms with van der Waals surface area (Å²) in [6, 6.07) is 4.16. The predicted molar refractivity (Wildman–Crippen MR) is 61.0 cm³/mol. The summed E-state index contributed by atoms with van der Waals surface area (Å²) < 4.78 is 0. The van der Waals surface area contributed by atoms with Crippen molar-refractivity contribution in [2.24, 2.45) is 0 Å². The van der Waals surface area contributed by atoms with Gasteiger partial charge in [-0.2, -0.15) is 0 Å². The Kier molecular flexibility index (Phi) is 3.24. The molecule has 0 aliphatic carbocycles. The second kappa shape index (κ2) is 4.52. The number of carbonyl (C=O) groups excluding carboxylic acids is 1. The Labute approximate surface area is 103 Å². The lowest BCUT2D eigenvalue weighted by Gasteiger charge is -2.16. The van der Waals surface area contributed by atoms with E-state index in [9.17, 15) is 20.1 Å². The summed E-state index contributed by atoms with van der Waals surface area (Å²) in [4.78, 5) is 13.3. The fourth-order valence-electron chi connectivity index (χ4n) is 1.79. The highest BCUT2D eigenvalue weighted by Crippen LogP contribution is 2.24. The maximum atomic E-state index is 12.0. The van der Waals surface area contributed by atoms with Crippen LogP contribution in [0.4, 0.5) is 0 Å². The molecule has 1 aromatic carbocycles. The van der Waals surface area contributed by atoms with Crippen LogP contribution in [0.25, 0.3) is 0 Å². The van der Waals surface area contributed by atoms with E-state index >= 15 is 0 Å². The molecule has 1 fully saturated rings. The van der Waals surface area contributed by atoms with E-state index in [0.717, 1.165) is 0 Å². The number of aliphatic hydroxyl groups excluding tert-OH is 2. The van der Waals surface area contributed by atoms with Crippen LogP contribution in [-0.4, -0.2) is 51.4 Å². The zero-order chi connectivity index (χ0) is 12.6. The molecule has 1 amide bonds. The molecule has 0 aromatic heterocycles. The summed E-state index contributed by atoms with van der Waals surface area (Å²) >= 11 is 5.74. The number of aliphatic hydroxyl groups is 2. The van der Waals surface area contributed by atoms with E-state index in [1.54, 1.807) is 0 Å². The lowest BCUT2D eigenvalue weighted by molar-refractivity contribution is 0.0572. The van der Waals surface area contributed by atoms with Gasteiger partial charge in [-0.3, -0.25) is 4.79 Å². The number of hydrogen-bond acceptors (Lipinski definition) is 4. The number of rotatable bonds is 1. The Morgan fingerprint density at radius 3 is 2.47 bits per heavy atom. The molecule has 2 atom stereocenters. The molecule has 2 rings (SSSR count). The Bertz CT molecular complexity index is 441. The van der Waals surface area contributed by atoms with Crippen molar-refractivity contribution in [1.82, 2.24) is 4.90 Å². The molecule has 0 bridgehead atoms. The van der Waals surface area contributed by atoms with Gasteiger partial charge in [-0.15, -0.1) is 0 Å². The van der Waals surface area contributed by atoms with Crippen LogP contribution in [0.1, 0.15) is 10.4 Å². The van der Waals surface area contributed by atoms with Gasteiger partial charge in [0.25, 0.3) is 5.91 Å². The number of nitrogens with zero attached hydrogens (tertiary/aromatic N) is 1. The van der Waals surface area contributed by atoms with Crippen molar-refractivity contribution < 1.29 is 20.1 Å². The molecule has 17 heavy (non-hydrogen) atoms. The van der Waals surface area contributed by atoms with Gasteiger partial charge in [0.1, 0.15) is 5.75 Å². The number of likely N-dealkylation sites (tertiary alicyclic amines) is 1. The van der Waals surface area contributed by atoms with E-state index in [2.05, 4.69) is 0 Å². The molecule has 1 saturated heterocycles. The van der Waals surface area contributed by atoms with Gasteiger partial charge in [0.15, 0.2) is 0 Å². The van der Waals surface area contributed by atoms with Gasteiger partial charge in [0.05, 0.1) is 17.8 Å². The average molecular weight is 258 g/mol. The molecule has 6 heteroatoms. The average Bonchev–Trinajstić information content (AvgIpc) is 2.62. The molecule has 0 spiro atoms. The zero-order valence-electron chi connectivity index (χ0n) is 8.88. The number of phenols is 1. The van der Waals surface area contributed by atoms with Crippen LogP contribution >= 0.6 is 11.6 Å². The predicted octanol–water partition coefficient (Wildman–Crippen LogP) is 0.223. The number of hydrogen-bond donors (Lipinski definition) is 3. The minimum Gasteiger partial charge on any atom is -0.507 e. The van der Waals surface area contributed by atoms with E-state index in [1.165, 1.54) is 23.1 Å². The Hall–Kier alpha value is -1.30. The van der Waals surface area contributed by atoms with E-state index in [-0.39, 0.29) is 24.4 Å². The first kappa shape index (κ1) is 12.2. The van der Waals surface area contributed by atoms with Crippen molar-refractivity contribution in [1.29, 1.82) is 0 Å². The van der Waals surface area contributed by atoms with E-state index < -0.39 is 18.1 Å². The first-order valence-electron chi connectivity index (χ1n) is 5.13. The van der Waals surface area contributed by atoms with Crippen LogP contribution < -0.4 is 0 Å². The van der Waals surface area contributed by atoms with Crippen LogP contribution in [-0.2, 0) is 0 Å². The maximum absolute atomic E-state index is 12.0. The summed E-state index contributed by atoms with van der Waals surface area (Å²) in [5.74, 6) is -0.629. The lowest BCUT2D eigenvalue weighted by atomic mass is 10.2. The van der Waals surface area contributed by atoms with Gasteiger partial charge in [0, 0.05) is 18.1 Å². The third-order valence-electron chi connectivity index (χ3n) is 2.74. The number of aromatic hydroxyl groups is 1. The maximum Gasteiger partial charge on any atom is 0.257 e. The SMILES string of the molecule is O=C(c1cc(Cl)ccc1O)N1CC(O)C(O)C1. The van der Waals surface area contributed by atoms with Crippen LogP contribution in [0.15, 0.2) is 18.2 Å². The molecule has 0 saturated carbocycles. The highest BCUT2D eigenvalue weighted by atomic mass is 35.5. The minimum absolute atomic E-state index is 0.0476. The number of carbonyl (C=O) groups is 1. The number of phenolic OH excluding ortho intramolecular Hbond substituents is 1. The summed E-state index contributed by atoms with van der Waals surface area (Å²) in [6.45, 7) is 0.0951. The van der Waals surface area contributed by atoms with Gasteiger partial charge in [-0.05, 0) is 18.2 Å². The number of amides is 1. The number of halogens is 1. The van der Waals surface area contributed by atoms with Gasteiger partial charge < -0.3 is 20.2 Å². The fourth-order valence-corrected chi connectivity index (χ4v) is 1.96. The van der Waals surface area contributed by atoms with Crippen LogP contribution in [0.3, 0.4) is 0 Å². The van der Waals surface area contributed by atoms with Crippen molar-refractivity contribution in [3.8, 4) is 5.75 Å². The Morgan fingerprint density at radius 2 is 1.88 bits per heavy atom. The first-order chi connectivity index (χ1) is 7.99. The minimum atomic E-state index is -0.944. The molecule has 1 aliphatic heterocycles.